The summed E-state index contributed by atoms with van der Waals surface area (Å²) >= 11 is 0. The molecule has 1 saturated carbocycles. The third-order valence-corrected chi connectivity index (χ3v) is 9.07. The number of carbonyl (C=O) groups is 3. The van der Waals surface area contributed by atoms with Crippen LogP contribution in [0.4, 0.5) is 5.69 Å². The summed E-state index contributed by atoms with van der Waals surface area (Å²) in [5.41, 5.74) is 3.28. The summed E-state index contributed by atoms with van der Waals surface area (Å²) in [5.74, 6) is -0.723. The van der Waals surface area contributed by atoms with Crippen molar-refractivity contribution < 1.29 is 19.5 Å². The zero-order valence-electron chi connectivity index (χ0n) is 19.7. The number of hydrogen-bond acceptors (Lipinski definition) is 6. The number of rotatable bonds is 3. The fraction of sp³-hybridized carbons (Fsp3) is 0.654. The van der Waals surface area contributed by atoms with Crippen molar-refractivity contribution in [1.29, 1.82) is 0 Å². The van der Waals surface area contributed by atoms with E-state index < -0.39 is 6.04 Å². The first-order valence-corrected chi connectivity index (χ1v) is 12.9. The maximum absolute atomic E-state index is 13.1. The molecule has 1 aromatic carbocycles. The van der Waals surface area contributed by atoms with Crippen molar-refractivity contribution in [2.45, 2.75) is 76.1 Å². The Morgan fingerprint density at radius 1 is 0.971 bits per heavy atom. The first-order chi connectivity index (χ1) is 16.4. The van der Waals surface area contributed by atoms with E-state index in [1.54, 1.807) is 4.90 Å². The summed E-state index contributed by atoms with van der Waals surface area (Å²) in [5, 5.41) is 12.2. The second-order valence-corrected chi connectivity index (χ2v) is 11.0. The molecule has 1 unspecified atom stereocenters. The molecule has 8 nitrogen and oxygen atoms in total. The number of benzene rings is 1. The van der Waals surface area contributed by atoms with Crippen LogP contribution < -0.4 is 10.2 Å². The number of nitrogens with one attached hydrogen (secondary N) is 1. The van der Waals surface area contributed by atoms with Gasteiger partial charge in [0.25, 0.3) is 5.91 Å². The minimum absolute atomic E-state index is 0.103. The van der Waals surface area contributed by atoms with Crippen LogP contribution in [0.5, 0.6) is 0 Å². The highest BCUT2D eigenvalue weighted by Gasteiger charge is 2.48. The topological polar surface area (TPSA) is 93.2 Å². The second-order valence-electron chi connectivity index (χ2n) is 11.0. The second kappa shape index (κ2) is 8.34. The molecule has 2 N–H and O–H groups in total. The van der Waals surface area contributed by atoms with Gasteiger partial charge < -0.3 is 19.8 Å². The third-order valence-electron chi connectivity index (χ3n) is 9.07. The molecule has 8 heteroatoms. The number of aliphatic hydroxyl groups excluding tert-OH is 1. The van der Waals surface area contributed by atoms with Gasteiger partial charge in [0, 0.05) is 62.0 Å². The molecule has 34 heavy (non-hydrogen) atoms. The first-order valence-electron chi connectivity index (χ1n) is 12.9. The maximum Gasteiger partial charge on any atom is 0.255 e. The van der Waals surface area contributed by atoms with E-state index in [1.807, 2.05) is 12.1 Å². The number of fused-ring (bicyclic) bond motifs is 1. The van der Waals surface area contributed by atoms with Crippen molar-refractivity contribution in [3.05, 3.63) is 29.3 Å². The summed E-state index contributed by atoms with van der Waals surface area (Å²) in [6.45, 7) is 4.48. The van der Waals surface area contributed by atoms with Crippen LogP contribution in [-0.4, -0.2) is 77.0 Å². The van der Waals surface area contributed by atoms with Crippen LogP contribution in [0.2, 0.25) is 0 Å². The molecule has 4 aliphatic heterocycles. The van der Waals surface area contributed by atoms with Crippen LogP contribution in [0.1, 0.15) is 67.3 Å². The Bertz CT molecular complexity index is 1000. The van der Waals surface area contributed by atoms with E-state index in [0.29, 0.717) is 30.0 Å². The van der Waals surface area contributed by atoms with Gasteiger partial charge in [0.1, 0.15) is 6.04 Å². The summed E-state index contributed by atoms with van der Waals surface area (Å²) in [6.07, 6.45) is 7.26. The lowest BCUT2D eigenvalue weighted by molar-refractivity contribution is -0.136. The highest BCUT2D eigenvalue weighted by atomic mass is 16.3. The van der Waals surface area contributed by atoms with E-state index >= 15 is 0 Å². The Morgan fingerprint density at radius 3 is 2.41 bits per heavy atom. The number of piperidine rings is 3. The van der Waals surface area contributed by atoms with E-state index in [0.717, 1.165) is 50.3 Å². The van der Waals surface area contributed by atoms with Crippen molar-refractivity contribution in [3.63, 3.8) is 0 Å². The van der Waals surface area contributed by atoms with Gasteiger partial charge in [-0.3, -0.25) is 19.7 Å². The van der Waals surface area contributed by atoms with Gasteiger partial charge in [-0.05, 0) is 62.5 Å². The number of hydrogen-bond donors (Lipinski definition) is 2. The van der Waals surface area contributed by atoms with Crippen molar-refractivity contribution in [2.24, 2.45) is 5.41 Å². The molecule has 6 rings (SSSR count). The lowest BCUT2D eigenvalue weighted by Gasteiger charge is -2.56. The Morgan fingerprint density at radius 2 is 1.71 bits per heavy atom. The van der Waals surface area contributed by atoms with Gasteiger partial charge in [-0.15, -0.1) is 0 Å². The van der Waals surface area contributed by atoms with Crippen molar-refractivity contribution in [1.82, 2.24) is 15.1 Å². The molecule has 3 amide bonds. The molecule has 1 atom stereocenters. The summed E-state index contributed by atoms with van der Waals surface area (Å²) < 4.78 is 0. The molecular formula is C26H34N4O4. The molecule has 1 aromatic rings. The van der Waals surface area contributed by atoms with Crippen LogP contribution >= 0.6 is 0 Å². The summed E-state index contributed by atoms with van der Waals surface area (Å²) in [6, 6.07) is 6.04. The van der Waals surface area contributed by atoms with E-state index in [9.17, 15) is 19.5 Å². The minimum Gasteiger partial charge on any atom is -0.393 e. The molecular weight excluding hydrogens is 432 g/mol. The van der Waals surface area contributed by atoms with Gasteiger partial charge in [-0.25, -0.2) is 0 Å². The fourth-order valence-electron chi connectivity index (χ4n) is 6.94. The quantitative estimate of drug-likeness (QED) is 0.658. The third kappa shape index (κ3) is 3.71. The average Bonchev–Trinajstić information content (AvgIpc) is 3.15. The largest absolute Gasteiger partial charge is 0.393 e. The van der Waals surface area contributed by atoms with Gasteiger partial charge in [0.2, 0.25) is 11.8 Å². The lowest BCUT2D eigenvalue weighted by atomic mass is 9.59. The Hall–Kier alpha value is -2.45. The molecule has 3 saturated heterocycles. The molecule has 1 spiro atoms. The standard InChI is InChI=1S/C26H34N4O4/c31-18-6-10-28(11-7-18)17-14-26(15-17)8-12-29(13-9-26)21-3-1-2-19-20(21)16-30(25(19)34)22-4-5-23(32)27-24(22)33/h1-3,17-18,22,31H,4-16H2,(H,27,32,33). The average molecular weight is 467 g/mol. The lowest BCUT2D eigenvalue weighted by Crippen LogP contribution is -2.56. The molecule has 0 radical (unpaired) electrons. The molecule has 4 fully saturated rings. The number of amides is 3. The van der Waals surface area contributed by atoms with Crippen molar-refractivity contribution in [3.8, 4) is 0 Å². The highest BCUT2D eigenvalue weighted by molar-refractivity contribution is 6.06. The molecule has 4 heterocycles. The van der Waals surface area contributed by atoms with Crippen LogP contribution in [0.15, 0.2) is 18.2 Å². The highest BCUT2D eigenvalue weighted by Crippen LogP contribution is 2.52. The number of likely N-dealkylation sites (tertiary alicyclic amines) is 1. The van der Waals surface area contributed by atoms with Crippen molar-refractivity contribution in [2.75, 3.05) is 31.1 Å². The Kier molecular flexibility index (Phi) is 5.41. The van der Waals surface area contributed by atoms with Crippen LogP contribution in [0, 0.1) is 5.41 Å². The summed E-state index contributed by atoms with van der Waals surface area (Å²) in [7, 11) is 0. The monoisotopic (exact) mass is 466 g/mol. The molecule has 0 bridgehead atoms. The number of nitrogens with zero attached hydrogens (tertiary/aromatic N) is 3. The van der Waals surface area contributed by atoms with Gasteiger partial charge in [0.05, 0.1) is 6.10 Å². The molecule has 1 aliphatic carbocycles. The minimum atomic E-state index is -0.571. The Balaban J connectivity index is 1.10. The van der Waals surface area contributed by atoms with Gasteiger partial charge in [-0.2, -0.15) is 0 Å². The summed E-state index contributed by atoms with van der Waals surface area (Å²) in [4.78, 5) is 43.7. The van der Waals surface area contributed by atoms with Gasteiger partial charge >= 0.3 is 0 Å². The van der Waals surface area contributed by atoms with Crippen LogP contribution in [0.25, 0.3) is 0 Å². The molecule has 0 aromatic heterocycles. The SMILES string of the molecule is O=C1CCC(N2Cc3c(cccc3N3CCC4(CC3)CC(N3CCC(O)CC3)C4)C2=O)C(=O)N1. The fourth-order valence-corrected chi connectivity index (χ4v) is 6.94. The number of imide groups is 1. The van der Waals surface area contributed by atoms with Crippen LogP contribution in [-0.2, 0) is 16.1 Å². The normalized spacial score (nSPS) is 28.3. The number of aliphatic hydroxyl groups is 1. The predicted molar refractivity (Wildman–Crippen MR) is 126 cm³/mol. The Labute approximate surface area is 200 Å². The number of anilines is 1. The van der Waals surface area contributed by atoms with E-state index in [-0.39, 0.29) is 30.2 Å². The van der Waals surface area contributed by atoms with E-state index in [4.69, 9.17) is 0 Å². The molecule has 5 aliphatic rings. The predicted octanol–water partition coefficient (Wildman–Crippen LogP) is 1.65. The van der Waals surface area contributed by atoms with Crippen molar-refractivity contribution >= 4 is 23.4 Å². The zero-order chi connectivity index (χ0) is 23.4. The van der Waals surface area contributed by atoms with E-state index in [1.165, 1.54) is 25.7 Å². The maximum atomic E-state index is 13.1. The number of carbonyl (C=O) groups excluding carboxylic acids is 3. The van der Waals surface area contributed by atoms with Gasteiger partial charge in [-0.1, -0.05) is 6.07 Å². The van der Waals surface area contributed by atoms with Gasteiger partial charge in [0.15, 0.2) is 0 Å². The smallest absolute Gasteiger partial charge is 0.255 e. The zero-order valence-corrected chi connectivity index (χ0v) is 19.7. The first kappa shape index (κ1) is 22.0. The van der Waals surface area contributed by atoms with Crippen LogP contribution in [0.3, 0.4) is 0 Å². The molecule has 182 valence electrons. The van der Waals surface area contributed by atoms with E-state index in [2.05, 4.69) is 21.2 Å².